The quantitative estimate of drug-likeness (QED) is 0.779. The second-order valence-corrected chi connectivity index (χ2v) is 5.25. The first-order valence-corrected chi connectivity index (χ1v) is 6.87. The Balaban J connectivity index is 1.89. The molecule has 4 heteroatoms. The summed E-state index contributed by atoms with van der Waals surface area (Å²) in [4.78, 5) is 4.40. The SMILES string of the molecule is CC(C)c1ccc(-c2noc(-c3ccc(O)cc3)n2)cc1. The fraction of sp³-hybridized carbons (Fsp3) is 0.176. The molecule has 0 aliphatic heterocycles. The molecule has 1 aromatic heterocycles. The zero-order chi connectivity index (χ0) is 14.8. The maximum atomic E-state index is 9.29. The van der Waals surface area contributed by atoms with Crippen molar-refractivity contribution in [2.75, 3.05) is 0 Å². The highest BCUT2D eigenvalue weighted by atomic mass is 16.5. The van der Waals surface area contributed by atoms with E-state index in [-0.39, 0.29) is 5.75 Å². The second kappa shape index (κ2) is 5.40. The minimum atomic E-state index is 0.211. The Morgan fingerprint density at radius 1 is 0.905 bits per heavy atom. The third-order valence-electron chi connectivity index (χ3n) is 3.38. The minimum Gasteiger partial charge on any atom is -0.508 e. The minimum absolute atomic E-state index is 0.211. The van der Waals surface area contributed by atoms with Crippen LogP contribution < -0.4 is 0 Å². The number of phenolic OH excluding ortho intramolecular Hbond substituents is 1. The molecule has 21 heavy (non-hydrogen) atoms. The third-order valence-corrected chi connectivity index (χ3v) is 3.38. The summed E-state index contributed by atoms with van der Waals surface area (Å²) < 4.78 is 5.28. The van der Waals surface area contributed by atoms with Gasteiger partial charge >= 0.3 is 0 Å². The van der Waals surface area contributed by atoms with E-state index in [4.69, 9.17) is 4.52 Å². The maximum absolute atomic E-state index is 9.29. The van der Waals surface area contributed by atoms with Crippen molar-refractivity contribution in [1.29, 1.82) is 0 Å². The van der Waals surface area contributed by atoms with Crippen LogP contribution >= 0.6 is 0 Å². The molecule has 0 aliphatic carbocycles. The lowest BCUT2D eigenvalue weighted by molar-refractivity contribution is 0.432. The molecule has 106 valence electrons. The average Bonchev–Trinajstić information content (AvgIpc) is 2.98. The van der Waals surface area contributed by atoms with Crippen LogP contribution in [-0.4, -0.2) is 15.2 Å². The number of phenols is 1. The maximum Gasteiger partial charge on any atom is 0.258 e. The number of benzene rings is 2. The topological polar surface area (TPSA) is 59.2 Å². The number of nitrogens with zero attached hydrogens (tertiary/aromatic N) is 2. The van der Waals surface area contributed by atoms with E-state index in [0.717, 1.165) is 11.1 Å². The highest BCUT2D eigenvalue weighted by Gasteiger charge is 2.10. The lowest BCUT2D eigenvalue weighted by Gasteiger charge is -2.04. The molecule has 0 atom stereocenters. The first kappa shape index (κ1) is 13.4. The summed E-state index contributed by atoms with van der Waals surface area (Å²) in [6, 6.07) is 14.8. The molecule has 2 aromatic carbocycles. The largest absolute Gasteiger partial charge is 0.508 e. The van der Waals surface area contributed by atoms with Crippen molar-refractivity contribution in [2.45, 2.75) is 19.8 Å². The Kier molecular flexibility index (Phi) is 3.44. The Hall–Kier alpha value is -2.62. The van der Waals surface area contributed by atoms with Gasteiger partial charge in [0.2, 0.25) is 5.82 Å². The van der Waals surface area contributed by atoms with Gasteiger partial charge in [-0.3, -0.25) is 0 Å². The smallest absolute Gasteiger partial charge is 0.258 e. The number of hydrogen-bond acceptors (Lipinski definition) is 4. The van der Waals surface area contributed by atoms with Gasteiger partial charge in [0, 0.05) is 11.1 Å². The predicted molar refractivity (Wildman–Crippen MR) is 80.9 cm³/mol. The van der Waals surface area contributed by atoms with Gasteiger partial charge in [0.05, 0.1) is 0 Å². The molecule has 0 spiro atoms. The van der Waals surface area contributed by atoms with Crippen molar-refractivity contribution in [1.82, 2.24) is 10.1 Å². The normalized spacial score (nSPS) is 11.0. The van der Waals surface area contributed by atoms with Crippen LogP contribution in [0, 0.1) is 0 Å². The van der Waals surface area contributed by atoms with Gasteiger partial charge in [0.15, 0.2) is 0 Å². The molecule has 0 saturated carbocycles. The van der Waals surface area contributed by atoms with Gasteiger partial charge in [-0.15, -0.1) is 0 Å². The van der Waals surface area contributed by atoms with Crippen molar-refractivity contribution < 1.29 is 9.63 Å². The molecule has 0 unspecified atom stereocenters. The van der Waals surface area contributed by atoms with Crippen molar-refractivity contribution in [3.63, 3.8) is 0 Å². The first-order chi connectivity index (χ1) is 10.1. The van der Waals surface area contributed by atoms with E-state index in [1.165, 1.54) is 5.56 Å². The van der Waals surface area contributed by atoms with Crippen molar-refractivity contribution in [2.24, 2.45) is 0 Å². The van der Waals surface area contributed by atoms with E-state index >= 15 is 0 Å². The van der Waals surface area contributed by atoms with Crippen molar-refractivity contribution in [3.8, 4) is 28.6 Å². The summed E-state index contributed by atoms with van der Waals surface area (Å²) in [7, 11) is 0. The number of aromatic hydroxyl groups is 1. The third kappa shape index (κ3) is 2.79. The summed E-state index contributed by atoms with van der Waals surface area (Å²) in [6.45, 7) is 4.32. The highest BCUT2D eigenvalue weighted by molar-refractivity contribution is 5.60. The van der Waals surface area contributed by atoms with Gasteiger partial charge < -0.3 is 9.63 Å². The van der Waals surface area contributed by atoms with Crippen LogP contribution in [0.25, 0.3) is 22.8 Å². The highest BCUT2D eigenvalue weighted by Crippen LogP contribution is 2.25. The Labute approximate surface area is 123 Å². The molecule has 0 saturated heterocycles. The Morgan fingerprint density at radius 2 is 1.52 bits per heavy atom. The monoisotopic (exact) mass is 280 g/mol. The van der Waals surface area contributed by atoms with E-state index in [9.17, 15) is 5.11 Å². The van der Waals surface area contributed by atoms with Crippen LogP contribution in [0.4, 0.5) is 0 Å². The molecule has 0 radical (unpaired) electrons. The molecular formula is C17H16N2O2. The fourth-order valence-electron chi connectivity index (χ4n) is 2.08. The summed E-state index contributed by atoms with van der Waals surface area (Å²) in [6.07, 6.45) is 0. The molecule has 4 nitrogen and oxygen atoms in total. The van der Waals surface area contributed by atoms with E-state index in [0.29, 0.717) is 17.6 Å². The lowest BCUT2D eigenvalue weighted by Crippen LogP contribution is -1.87. The zero-order valence-corrected chi connectivity index (χ0v) is 11.9. The van der Waals surface area contributed by atoms with Crippen LogP contribution in [0.5, 0.6) is 5.75 Å². The van der Waals surface area contributed by atoms with Gasteiger partial charge in [-0.2, -0.15) is 4.98 Å². The molecule has 1 heterocycles. The van der Waals surface area contributed by atoms with Crippen molar-refractivity contribution in [3.05, 3.63) is 54.1 Å². The zero-order valence-electron chi connectivity index (χ0n) is 11.9. The summed E-state index contributed by atoms with van der Waals surface area (Å²) >= 11 is 0. The van der Waals surface area contributed by atoms with Crippen LogP contribution in [0.1, 0.15) is 25.3 Å². The number of rotatable bonds is 3. The molecule has 3 rings (SSSR count). The van der Waals surface area contributed by atoms with Crippen LogP contribution in [0.15, 0.2) is 53.1 Å². The van der Waals surface area contributed by atoms with Gasteiger partial charge in [-0.1, -0.05) is 43.3 Å². The molecule has 3 aromatic rings. The summed E-state index contributed by atoms with van der Waals surface area (Å²) in [5.74, 6) is 1.71. The van der Waals surface area contributed by atoms with Gasteiger partial charge in [0.1, 0.15) is 5.75 Å². The lowest BCUT2D eigenvalue weighted by atomic mass is 10.0. The van der Waals surface area contributed by atoms with Crippen LogP contribution in [0.3, 0.4) is 0 Å². The Morgan fingerprint density at radius 3 is 2.14 bits per heavy atom. The van der Waals surface area contributed by atoms with E-state index < -0.39 is 0 Å². The van der Waals surface area contributed by atoms with E-state index in [1.54, 1.807) is 24.3 Å². The predicted octanol–water partition coefficient (Wildman–Crippen LogP) is 4.23. The number of aromatic nitrogens is 2. The molecule has 0 fully saturated rings. The van der Waals surface area contributed by atoms with Crippen LogP contribution in [0.2, 0.25) is 0 Å². The van der Waals surface area contributed by atoms with Crippen molar-refractivity contribution >= 4 is 0 Å². The van der Waals surface area contributed by atoms with Gasteiger partial charge in [-0.25, -0.2) is 0 Å². The molecule has 0 amide bonds. The van der Waals surface area contributed by atoms with E-state index in [2.05, 4.69) is 36.1 Å². The first-order valence-electron chi connectivity index (χ1n) is 6.87. The molecule has 0 aliphatic rings. The second-order valence-electron chi connectivity index (χ2n) is 5.25. The summed E-state index contributed by atoms with van der Waals surface area (Å²) in [5.41, 5.74) is 2.99. The molecule has 0 bridgehead atoms. The summed E-state index contributed by atoms with van der Waals surface area (Å²) in [5, 5.41) is 13.3. The van der Waals surface area contributed by atoms with Gasteiger partial charge in [-0.05, 0) is 35.7 Å². The molecular weight excluding hydrogens is 264 g/mol. The standard InChI is InChI=1S/C17H16N2O2/c1-11(2)12-3-5-13(6-4-12)16-18-17(21-19-16)14-7-9-15(20)10-8-14/h3-11,20H,1-2H3. The van der Waals surface area contributed by atoms with E-state index in [1.807, 2.05) is 12.1 Å². The van der Waals surface area contributed by atoms with Crippen LogP contribution in [-0.2, 0) is 0 Å². The number of hydrogen-bond donors (Lipinski definition) is 1. The average molecular weight is 280 g/mol. The van der Waals surface area contributed by atoms with Gasteiger partial charge in [0.25, 0.3) is 5.89 Å². The fourth-order valence-corrected chi connectivity index (χ4v) is 2.08. The Bertz CT molecular complexity index is 728. The molecule has 1 N–H and O–H groups in total.